The van der Waals surface area contributed by atoms with E-state index in [0.29, 0.717) is 11.4 Å². The van der Waals surface area contributed by atoms with E-state index in [9.17, 15) is 4.79 Å². The number of carbonyl (C=O) groups is 1. The molecule has 3 aromatic rings. The molecule has 0 radical (unpaired) electrons. The molecule has 140 valence electrons. The van der Waals surface area contributed by atoms with Gasteiger partial charge < -0.3 is 5.32 Å². The molecule has 1 N–H and O–H groups in total. The molecule has 0 fully saturated rings. The molecule has 3 aromatic carbocycles. The average Bonchev–Trinajstić information content (AvgIpc) is 3.17. The van der Waals surface area contributed by atoms with Gasteiger partial charge >= 0.3 is 6.03 Å². The number of hydrazone groups is 1. The van der Waals surface area contributed by atoms with Crippen molar-refractivity contribution in [2.75, 3.05) is 5.32 Å². The summed E-state index contributed by atoms with van der Waals surface area (Å²) in [6.45, 7) is 2.01. The number of hydrogen-bond acceptors (Lipinski definition) is 2. The van der Waals surface area contributed by atoms with E-state index in [-0.39, 0.29) is 12.1 Å². The van der Waals surface area contributed by atoms with E-state index < -0.39 is 0 Å². The van der Waals surface area contributed by atoms with Gasteiger partial charge in [0.1, 0.15) is 0 Å². The summed E-state index contributed by atoms with van der Waals surface area (Å²) >= 11 is 6.04. The Balaban J connectivity index is 1.64. The van der Waals surface area contributed by atoms with Gasteiger partial charge in [-0.1, -0.05) is 71.8 Å². The van der Waals surface area contributed by atoms with Gasteiger partial charge in [0, 0.05) is 17.1 Å². The van der Waals surface area contributed by atoms with Crippen molar-refractivity contribution in [1.82, 2.24) is 5.01 Å². The minimum Gasteiger partial charge on any atom is -0.306 e. The lowest BCUT2D eigenvalue weighted by Gasteiger charge is -2.22. The van der Waals surface area contributed by atoms with Gasteiger partial charge in [-0.25, -0.2) is 9.80 Å². The largest absolute Gasteiger partial charge is 0.342 e. The van der Waals surface area contributed by atoms with Crippen molar-refractivity contribution in [2.45, 2.75) is 19.4 Å². The third-order valence-electron chi connectivity index (χ3n) is 4.78. The summed E-state index contributed by atoms with van der Waals surface area (Å²) in [5.74, 6) is 0. The molecule has 0 spiro atoms. The van der Waals surface area contributed by atoms with Gasteiger partial charge in [0.2, 0.25) is 0 Å². The molecular formula is C23H20ClN3O. The lowest BCUT2D eigenvalue weighted by atomic mass is 9.98. The Bertz CT molecular complexity index is 998. The smallest absolute Gasteiger partial charge is 0.306 e. The topological polar surface area (TPSA) is 44.7 Å². The summed E-state index contributed by atoms with van der Waals surface area (Å²) in [7, 11) is 0. The molecule has 1 heterocycles. The SMILES string of the molecule is Cc1ccc(NC(=O)N2N=C(c3ccccc3)C[C@@H]2c2ccc(Cl)cc2)cc1. The van der Waals surface area contributed by atoms with E-state index in [0.717, 1.165) is 28.1 Å². The van der Waals surface area contributed by atoms with Gasteiger partial charge in [0.15, 0.2) is 0 Å². The van der Waals surface area contributed by atoms with Gasteiger partial charge in [0.25, 0.3) is 0 Å². The third-order valence-corrected chi connectivity index (χ3v) is 5.04. The molecule has 2 amide bonds. The monoisotopic (exact) mass is 389 g/mol. The van der Waals surface area contributed by atoms with Crippen molar-refractivity contribution < 1.29 is 4.79 Å². The van der Waals surface area contributed by atoms with Crippen molar-refractivity contribution >= 4 is 29.0 Å². The highest BCUT2D eigenvalue weighted by Gasteiger charge is 2.33. The summed E-state index contributed by atoms with van der Waals surface area (Å²) in [5, 5.41) is 9.81. The molecule has 1 aliphatic rings. The molecule has 28 heavy (non-hydrogen) atoms. The van der Waals surface area contributed by atoms with Crippen molar-refractivity contribution in [2.24, 2.45) is 5.10 Å². The van der Waals surface area contributed by atoms with Crippen LogP contribution >= 0.6 is 11.6 Å². The van der Waals surface area contributed by atoms with Crippen LogP contribution in [0.1, 0.15) is 29.2 Å². The quantitative estimate of drug-likeness (QED) is 0.583. The molecule has 1 atom stereocenters. The van der Waals surface area contributed by atoms with Crippen LogP contribution in [0.3, 0.4) is 0 Å². The zero-order chi connectivity index (χ0) is 19.5. The van der Waals surface area contributed by atoms with Crippen LogP contribution < -0.4 is 5.32 Å². The van der Waals surface area contributed by atoms with Crippen LogP contribution in [0.4, 0.5) is 10.5 Å². The Morgan fingerprint density at radius 3 is 2.36 bits per heavy atom. The predicted octanol–water partition coefficient (Wildman–Crippen LogP) is 6.03. The first kappa shape index (κ1) is 18.3. The Morgan fingerprint density at radius 1 is 1.00 bits per heavy atom. The molecule has 0 aliphatic carbocycles. The lowest BCUT2D eigenvalue weighted by Crippen LogP contribution is -2.31. The number of urea groups is 1. The van der Waals surface area contributed by atoms with Gasteiger partial charge in [-0.2, -0.15) is 5.10 Å². The van der Waals surface area contributed by atoms with Crippen LogP contribution in [0.5, 0.6) is 0 Å². The van der Waals surface area contributed by atoms with Crippen LogP contribution in [0, 0.1) is 6.92 Å². The molecule has 0 saturated carbocycles. The van der Waals surface area contributed by atoms with Gasteiger partial charge in [-0.15, -0.1) is 0 Å². The Kier molecular flexibility index (Phi) is 5.13. The standard InChI is InChI=1S/C23H20ClN3O/c1-16-7-13-20(14-8-16)25-23(28)27-22(18-9-11-19(24)12-10-18)15-21(26-27)17-5-3-2-4-6-17/h2-14,22H,15H2,1H3,(H,25,28)/t22-/m1/s1. The molecule has 0 unspecified atom stereocenters. The van der Waals surface area contributed by atoms with E-state index in [2.05, 4.69) is 10.4 Å². The average molecular weight is 390 g/mol. The number of nitrogens with one attached hydrogen (secondary N) is 1. The second kappa shape index (κ2) is 7.87. The predicted molar refractivity (Wildman–Crippen MR) is 114 cm³/mol. The summed E-state index contributed by atoms with van der Waals surface area (Å²) in [6, 6.07) is 24.8. The maximum absolute atomic E-state index is 13.0. The molecule has 0 bridgehead atoms. The summed E-state index contributed by atoms with van der Waals surface area (Å²) < 4.78 is 0. The molecule has 4 nitrogen and oxygen atoms in total. The zero-order valence-electron chi connectivity index (χ0n) is 15.5. The zero-order valence-corrected chi connectivity index (χ0v) is 16.2. The number of nitrogens with zero attached hydrogens (tertiary/aromatic N) is 2. The Labute approximate surface area is 169 Å². The first-order valence-corrected chi connectivity index (χ1v) is 9.53. The maximum Gasteiger partial charge on any atom is 0.342 e. The van der Waals surface area contributed by atoms with Crippen LogP contribution in [0.15, 0.2) is 84.0 Å². The third kappa shape index (κ3) is 3.92. The van der Waals surface area contributed by atoms with Crippen LogP contribution in [-0.4, -0.2) is 16.8 Å². The fraction of sp³-hybridized carbons (Fsp3) is 0.130. The Morgan fingerprint density at radius 2 is 1.68 bits per heavy atom. The molecule has 0 aromatic heterocycles. The Hall–Kier alpha value is -3.11. The second-order valence-corrected chi connectivity index (χ2v) is 7.26. The molecule has 5 heteroatoms. The number of aryl methyl sites for hydroxylation is 1. The first-order chi connectivity index (χ1) is 13.6. The second-order valence-electron chi connectivity index (χ2n) is 6.82. The molecular weight excluding hydrogens is 370 g/mol. The van der Waals surface area contributed by atoms with Crippen molar-refractivity contribution in [3.63, 3.8) is 0 Å². The number of amides is 2. The minimum absolute atomic E-state index is 0.182. The number of hydrogen-bond donors (Lipinski definition) is 1. The van der Waals surface area contributed by atoms with Crippen molar-refractivity contribution in [1.29, 1.82) is 0 Å². The molecule has 0 saturated heterocycles. The van der Waals surface area contributed by atoms with Crippen LogP contribution in [0.25, 0.3) is 0 Å². The van der Waals surface area contributed by atoms with E-state index in [1.54, 1.807) is 0 Å². The van der Waals surface area contributed by atoms with E-state index in [4.69, 9.17) is 11.6 Å². The number of carbonyl (C=O) groups excluding carboxylic acids is 1. The summed E-state index contributed by atoms with van der Waals surface area (Å²) in [4.78, 5) is 13.0. The number of anilines is 1. The van der Waals surface area contributed by atoms with E-state index >= 15 is 0 Å². The maximum atomic E-state index is 13.0. The number of benzene rings is 3. The van der Waals surface area contributed by atoms with Gasteiger partial charge in [-0.3, -0.25) is 0 Å². The highest BCUT2D eigenvalue weighted by Crippen LogP contribution is 2.33. The first-order valence-electron chi connectivity index (χ1n) is 9.15. The van der Waals surface area contributed by atoms with Crippen molar-refractivity contribution in [3.8, 4) is 0 Å². The minimum atomic E-state index is -0.255. The van der Waals surface area contributed by atoms with Crippen molar-refractivity contribution in [3.05, 3.63) is 101 Å². The van der Waals surface area contributed by atoms with E-state index in [1.807, 2.05) is 85.8 Å². The number of halogens is 1. The lowest BCUT2D eigenvalue weighted by molar-refractivity contribution is 0.200. The molecule has 4 rings (SSSR count). The fourth-order valence-electron chi connectivity index (χ4n) is 3.26. The van der Waals surface area contributed by atoms with Crippen LogP contribution in [0.2, 0.25) is 5.02 Å². The fourth-order valence-corrected chi connectivity index (χ4v) is 3.39. The van der Waals surface area contributed by atoms with Gasteiger partial charge in [0.05, 0.1) is 11.8 Å². The van der Waals surface area contributed by atoms with Crippen LogP contribution in [-0.2, 0) is 0 Å². The van der Waals surface area contributed by atoms with E-state index in [1.165, 1.54) is 5.01 Å². The highest BCUT2D eigenvalue weighted by molar-refractivity contribution is 6.30. The summed E-state index contributed by atoms with van der Waals surface area (Å²) in [6.07, 6.45) is 0.646. The summed E-state index contributed by atoms with van der Waals surface area (Å²) in [5.41, 5.74) is 4.79. The molecule has 1 aliphatic heterocycles. The van der Waals surface area contributed by atoms with Gasteiger partial charge in [-0.05, 0) is 42.3 Å². The normalized spacial score (nSPS) is 16.0. The highest BCUT2D eigenvalue weighted by atomic mass is 35.5. The number of rotatable bonds is 3.